The Balaban J connectivity index is 1.07. The number of hydrogen-bond donors (Lipinski definition) is 2. The smallest absolute Gasteiger partial charge is 0.239 e. The van der Waals surface area contributed by atoms with Crippen LogP contribution in [0.3, 0.4) is 0 Å². The van der Waals surface area contributed by atoms with E-state index in [9.17, 15) is 18.3 Å². The van der Waals surface area contributed by atoms with Gasteiger partial charge in [-0.15, -0.1) is 0 Å². The highest BCUT2D eigenvalue weighted by Crippen LogP contribution is 2.58. The second-order valence-corrected chi connectivity index (χ2v) is 16.2. The molecular weight excluding hydrogens is 550 g/mol. The van der Waals surface area contributed by atoms with Gasteiger partial charge in [0.25, 0.3) is 0 Å². The summed E-state index contributed by atoms with van der Waals surface area (Å²) in [4.78, 5) is 27.6. The molecule has 1 unspecified atom stereocenters. The molecule has 4 fully saturated rings. The molecule has 2 spiro atoms. The van der Waals surface area contributed by atoms with Crippen molar-refractivity contribution in [3.63, 3.8) is 0 Å². The van der Waals surface area contributed by atoms with Crippen molar-refractivity contribution >= 4 is 33.2 Å². The van der Waals surface area contributed by atoms with Crippen molar-refractivity contribution in [1.29, 1.82) is 0 Å². The van der Waals surface area contributed by atoms with Gasteiger partial charge in [-0.25, -0.2) is 13.4 Å². The number of carbonyl (C=O) groups excluding carboxylic acids is 1. The molecule has 1 aromatic heterocycles. The Kier molecular flexibility index (Phi) is 6.71. The predicted octanol–water partition coefficient (Wildman–Crippen LogP) is 4.64. The number of aryl methyl sites for hydroxylation is 1. The number of piperidine rings is 1. The molecule has 9 nitrogen and oxygen atoms in total. The number of nitrogens with zero attached hydrogens (tertiary/aromatic N) is 4. The molecule has 3 heterocycles. The summed E-state index contributed by atoms with van der Waals surface area (Å²) in [5, 5.41) is 13.3. The lowest BCUT2D eigenvalue weighted by Crippen LogP contribution is -2.52. The fourth-order valence-corrected chi connectivity index (χ4v) is 10.2. The van der Waals surface area contributed by atoms with Crippen molar-refractivity contribution in [2.24, 2.45) is 5.41 Å². The van der Waals surface area contributed by atoms with Gasteiger partial charge in [0, 0.05) is 29.5 Å². The molecule has 0 bridgehead atoms. The first kappa shape index (κ1) is 28.2. The van der Waals surface area contributed by atoms with Crippen LogP contribution < -0.4 is 10.2 Å². The molecule has 42 heavy (non-hydrogen) atoms. The van der Waals surface area contributed by atoms with Crippen LogP contribution in [0.4, 0.5) is 17.5 Å². The third-order valence-electron chi connectivity index (χ3n) is 11.0. The number of nitrogens with one attached hydrogen (secondary N) is 1. The normalized spacial score (nSPS) is 27.0. The van der Waals surface area contributed by atoms with Crippen LogP contribution in [-0.4, -0.2) is 70.8 Å². The maximum atomic E-state index is 13.6. The predicted molar refractivity (Wildman–Crippen MR) is 162 cm³/mol. The number of anilines is 3. The van der Waals surface area contributed by atoms with Crippen LogP contribution in [0.25, 0.3) is 0 Å². The number of sulfone groups is 1. The molecule has 3 saturated carbocycles. The van der Waals surface area contributed by atoms with E-state index in [0.717, 1.165) is 87.7 Å². The Bertz CT molecular complexity index is 1500. The minimum atomic E-state index is -3.40. The first-order valence-electron chi connectivity index (χ1n) is 15.8. The third-order valence-corrected chi connectivity index (χ3v) is 13.1. The summed E-state index contributed by atoms with van der Waals surface area (Å²) in [6.45, 7) is 8.48. The second-order valence-electron chi connectivity index (χ2n) is 14.0. The van der Waals surface area contributed by atoms with Crippen molar-refractivity contribution in [2.75, 3.05) is 23.3 Å². The number of carbonyl (C=O) groups is 1. The summed E-state index contributed by atoms with van der Waals surface area (Å²) in [7, 11) is -3.40. The standard InChI is InChI=1S/C32H43N5O4S/c1-20(2)36-13-11-31(12-14-36)17-25(18-31)42(40,41)24-7-8-27(21(3)15-24)34-30-33-19-26-28(35-30)37(29(39)32(26)9-10-32)22-5-4-6-23(38)16-22/h7-8,15,19-20,22-23,25,38H,4-6,9-14,16-18H2,1-3H3,(H,33,34,35)/t22?,23-/m1/s1. The Hall–Kier alpha value is -2.56. The van der Waals surface area contributed by atoms with Gasteiger partial charge < -0.3 is 15.3 Å². The molecule has 1 amide bonds. The number of likely N-dealkylation sites (tertiary alicyclic amines) is 1. The van der Waals surface area contributed by atoms with Gasteiger partial charge in [0.1, 0.15) is 5.82 Å². The van der Waals surface area contributed by atoms with Crippen molar-refractivity contribution in [3.05, 3.63) is 35.5 Å². The summed E-state index contributed by atoms with van der Waals surface area (Å²) in [5.74, 6) is 1.13. The number of benzene rings is 1. The Morgan fingerprint density at radius 3 is 2.48 bits per heavy atom. The SMILES string of the molecule is Cc1cc(S(=O)(=O)C2CC3(CCN(C(C)C)CC3)C2)ccc1Nc1ncc2c(n1)N(C1CCC[C@@H](O)C1)C(=O)C21CC1. The Morgan fingerprint density at radius 1 is 1.10 bits per heavy atom. The molecule has 2 atom stereocenters. The van der Waals surface area contributed by atoms with Gasteiger partial charge in [-0.05, 0) is 127 Å². The monoisotopic (exact) mass is 593 g/mol. The fourth-order valence-electron chi connectivity index (χ4n) is 8.03. The van der Waals surface area contributed by atoms with E-state index in [1.54, 1.807) is 24.4 Å². The van der Waals surface area contributed by atoms with Crippen LogP contribution in [0.15, 0.2) is 29.3 Å². The van der Waals surface area contributed by atoms with E-state index in [1.165, 1.54) is 0 Å². The van der Waals surface area contributed by atoms with Gasteiger partial charge in [0.15, 0.2) is 9.84 Å². The van der Waals surface area contributed by atoms with E-state index >= 15 is 0 Å². The summed E-state index contributed by atoms with van der Waals surface area (Å²) in [6.07, 6.45) is 9.81. The van der Waals surface area contributed by atoms with Crippen LogP contribution in [0.2, 0.25) is 0 Å². The third kappa shape index (κ3) is 4.56. The van der Waals surface area contributed by atoms with Gasteiger partial charge in [-0.1, -0.05) is 0 Å². The van der Waals surface area contributed by atoms with Crippen molar-refractivity contribution in [3.8, 4) is 0 Å². The average molecular weight is 594 g/mol. The van der Waals surface area contributed by atoms with Gasteiger partial charge in [0.05, 0.1) is 21.7 Å². The molecule has 1 aromatic carbocycles. The number of rotatable bonds is 6. The molecule has 2 N–H and O–H groups in total. The summed E-state index contributed by atoms with van der Waals surface area (Å²) in [6, 6.07) is 5.75. The van der Waals surface area contributed by atoms with Crippen LogP contribution >= 0.6 is 0 Å². The molecular formula is C32H43N5O4S. The zero-order valence-electron chi connectivity index (χ0n) is 25.0. The van der Waals surface area contributed by atoms with E-state index in [0.29, 0.717) is 29.1 Å². The number of hydrogen-bond acceptors (Lipinski definition) is 8. The zero-order chi connectivity index (χ0) is 29.4. The summed E-state index contributed by atoms with van der Waals surface area (Å²) < 4.78 is 27.1. The quantitative estimate of drug-likeness (QED) is 0.498. The highest BCUT2D eigenvalue weighted by atomic mass is 32.2. The lowest BCUT2D eigenvalue weighted by molar-refractivity contribution is -0.121. The zero-order valence-corrected chi connectivity index (χ0v) is 25.8. The maximum Gasteiger partial charge on any atom is 0.239 e. The molecule has 3 aliphatic carbocycles. The number of amides is 1. The molecule has 0 radical (unpaired) electrons. The number of aliphatic hydroxyl groups is 1. The summed E-state index contributed by atoms with van der Waals surface area (Å²) in [5.41, 5.74) is 2.14. The first-order valence-corrected chi connectivity index (χ1v) is 17.3. The van der Waals surface area contributed by atoms with Gasteiger partial charge >= 0.3 is 0 Å². The molecule has 7 rings (SSSR count). The lowest BCUT2D eigenvalue weighted by Gasteiger charge is -2.52. The fraction of sp³-hybridized carbons (Fsp3) is 0.656. The van der Waals surface area contributed by atoms with Crippen LogP contribution in [0.1, 0.15) is 89.2 Å². The molecule has 1 saturated heterocycles. The van der Waals surface area contributed by atoms with Crippen molar-refractivity contribution in [2.45, 2.75) is 119 Å². The largest absolute Gasteiger partial charge is 0.393 e. The van der Waals surface area contributed by atoms with E-state index in [4.69, 9.17) is 4.98 Å². The van der Waals surface area contributed by atoms with Crippen LogP contribution in [-0.2, 0) is 20.0 Å². The number of aromatic nitrogens is 2. The van der Waals surface area contributed by atoms with E-state index < -0.39 is 21.4 Å². The van der Waals surface area contributed by atoms with Gasteiger partial charge in [-0.2, -0.15) is 4.98 Å². The van der Waals surface area contributed by atoms with Crippen molar-refractivity contribution < 1.29 is 18.3 Å². The van der Waals surface area contributed by atoms with Crippen LogP contribution in [0, 0.1) is 12.3 Å². The van der Waals surface area contributed by atoms with E-state index in [-0.39, 0.29) is 22.6 Å². The molecule has 2 aliphatic heterocycles. The maximum absolute atomic E-state index is 13.6. The highest BCUT2D eigenvalue weighted by Gasteiger charge is 2.61. The highest BCUT2D eigenvalue weighted by molar-refractivity contribution is 7.92. The Labute approximate surface area is 249 Å². The van der Waals surface area contributed by atoms with Crippen LogP contribution in [0.5, 0.6) is 0 Å². The lowest BCUT2D eigenvalue weighted by atomic mass is 9.63. The topological polar surface area (TPSA) is 116 Å². The number of aliphatic hydroxyl groups excluding tert-OH is 1. The first-order chi connectivity index (χ1) is 20.0. The number of fused-ring (bicyclic) bond motifs is 2. The average Bonchev–Trinajstić information content (AvgIpc) is 3.71. The van der Waals surface area contributed by atoms with Gasteiger partial charge in [0.2, 0.25) is 11.9 Å². The Morgan fingerprint density at radius 2 is 1.83 bits per heavy atom. The van der Waals surface area contributed by atoms with Crippen molar-refractivity contribution in [1.82, 2.24) is 14.9 Å². The molecule has 2 aromatic rings. The molecule has 10 heteroatoms. The van der Waals surface area contributed by atoms with E-state index in [1.807, 2.05) is 11.8 Å². The van der Waals surface area contributed by atoms with E-state index in [2.05, 4.69) is 29.0 Å². The molecule has 226 valence electrons. The minimum Gasteiger partial charge on any atom is -0.393 e. The molecule has 5 aliphatic rings. The summed E-state index contributed by atoms with van der Waals surface area (Å²) >= 11 is 0. The second kappa shape index (κ2) is 9.99. The minimum absolute atomic E-state index is 0.0534. The van der Waals surface area contributed by atoms with Gasteiger partial charge in [-0.3, -0.25) is 9.69 Å².